The number of benzene rings is 2. The molecule has 3 heterocycles. The molecule has 6 nitrogen and oxygen atoms in total. The molecule has 0 saturated carbocycles. The summed E-state index contributed by atoms with van der Waals surface area (Å²) in [6.07, 6.45) is 1.85. The first kappa shape index (κ1) is 24.0. The molecular formula is C28H24N2O4S2. The summed E-state index contributed by atoms with van der Waals surface area (Å²) < 4.78 is 13.3. The van der Waals surface area contributed by atoms with Crippen LogP contribution in [0.5, 0.6) is 5.75 Å². The predicted octanol–water partition coefficient (Wildman–Crippen LogP) is 4.44. The standard InChI is InChI=1S/C28H24N2O4S2/c1-3-33-27(32)24-18(2)29-28-30(25(24)22-10-7-15-35-22)26(31)23(36-28)16-19-11-13-21(14-12-19)34-17-20-8-5-4-6-9-20/h4-16,25H,3,17H2,1-2H3/b23-16+/t25-/m0/s1. The van der Waals surface area contributed by atoms with Crippen molar-refractivity contribution < 1.29 is 14.3 Å². The SMILES string of the molecule is CCOC(=O)C1=C(C)N=c2s/c(=C/c3ccc(OCc4ccccc4)cc3)c(=O)n2[C@H]1c1cccs1. The number of hydrogen-bond acceptors (Lipinski definition) is 7. The first-order valence-electron chi connectivity index (χ1n) is 11.5. The minimum Gasteiger partial charge on any atom is -0.489 e. The van der Waals surface area contributed by atoms with Gasteiger partial charge in [0, 0.05) is 4.88 Å². The number of esters is 1. The lowest BCUT2D eigenvalue weighted by Crippen LogP contribution is -2.39. The van der Waals surface area contributed by atoms with Crippen LogP contribution in [0.1, 0.15) is 35.9 Å². The number of thiophene rings is 1. The van der Waals surface area contributed by atoms with Crippen LogP contribution in [-0.2, 0) is 16.1 Å². The zero-order chi connectivity index (χ0) is 25.1. The zero-order valence-electron chi connectivity index (χ0n) is 19.8. The van der Waals surface area contributed by atoms with Crippen molar-refractivity contribution in [2.75, 3.05) is 6.61 Å². The molecule has 36 heavy (non-hydrogen) atoms. The van der Waals surface area contributed by atoms with Crippen LogP contribution in [0.25, 0.3) is 6.08 Å². The van der Waals surface area contributed by atoms with Gasteiger partial charge in [0.25, 0.3) is 5.56 Å². The van der Waals surface area contributed by atoms with Gasteiger partial charge in [-0.25, -0.2) is 9.79 Å². The maximum absolute atomic E-state index is 13.6. The molecule has 8 heteroatoms. The van der Waals surface area contributed by atoms with Crippen LogP contribution >= 0.6 is 22.7 Å². The lowest BCUT2D eigenvalue weighted by molar-refractivity contribution is -0.139. The molecule has 0 radical (unpaired) electrons. The maximum Gasteiger partial charge on any atom is 0.338 e. The van der Waals surface area contributed by atoms with E-state index in [1.54, 1.807) is 18.4 Å². The summed E-state index contributed by atoms with van der Waals surface area (Å²) in [7, 11) is 0. The van der Waals surface area contributed by atoms with Crippen molar-refractivity contribution >= 4 is 34.7 Å². The minimum absolute atomic E-state index is 0.184. The van der Waals surface area contributed by atoms with Gasteiger partial charge in [0.1, 0.15) is 18.4 Å². The van der Waals surface area contributed by atoms with Gasteiger partial charge in [-0.15, -0.1) is 11.3 Å². The molecule has 4 aromatic rings. The summed E-state index contributed by atoms with van der Waals surface area (Å²) in [6, 6.07) is 20.9. The summed E-state index contributed by atoms with van der Waals surface area (Å²) in [5, 5.41) is 1.94. The first-order valence-corrected chi connectivity index (χ1v) is 13.2. The van der Waals surface area contributed by atoms with E-state index in [0.29, 0.717) is 27.2 Å². The number of carbonyl (C=O) groups excluding carboxylic acids is 1. The molecule has 0 amide bonds. The lowest BCUT2D eigenvalue weighted by Gasteiger charge is -2.23. The zero-order valence-corrected chi connectivity index (χ0v) is 21.5. The van der Waals surface area contributed by atoms with Crippen LogP contribution in [0.15, 0.2) is 93.2 Å². The Labute approximate surface area is 216 Å². The van der Waals surface area contributed by atoms with Crippen molar-refractivity contribution in [1.29, 1.82) is 0 Å². The topological polar surface area (TPSA) is 69.9 Å². The molecule has 2 aromatic carbocycles. The highest BCUT2D eigenvalue weighted by Crippen LogP contribution is 2.33. The number of rotatable bonds is 7. The van der Waals surface area contributed by atoms with Crippen molar-refractivity contribution in [1.82, 2.24) is 4.57 Å². The van der Waals surface area contributed by atoms with Crippen LogP contribution in [0.2, 0.25) is 0 Å². The highest BCUT2D eigenvalue weighted by Gasteiger charge is 2.33. The fourth-order valence-corrected chi connectivity index (χ4v) is 5.93. The van der Waals surface area contributed by atoms with Gasteiger partial charge in [-0.1, -0.05) is 59.9 Å². The van der Waals surface area contributed by atoms with E-state index in [1.165, 1.54) is 22.7 Å². The van der Waals surface area contributed by atoms with Gasteiger partial charge in [-0.2, -0.15) is 0 Å². The monoisotopic (exact) mass is 516 g/mol. The molecule has 5 rings (SSSR count). The average molecular weight is 517 g/mol. The molecule has 0 aliphatic carbocycles. The van der Waals surface area contributed by atoms with Crippen LogP contribution in [0, 0.1) is 0 Å². The fourth-order valence-electron chi connectivity index (χ4n) is 4.06. The predicted molar refractivity (Wildman–Crippen MR) is 142 cm³/mol. The first-order chi connectivity index (χ1) is 17.5. The van der Waals surface area contributed by atoms with Gasteiger partial charge < -0.3 is 9.47 Å². The van der Waals surface area contributed by atoms with E-state index in [4.69, 9.17) is 9.47 Å². The molecule has 1 aliphatic heterocycles. The number of carbonyl (C=O) groups is 1. The second kappa shape index (κ2) is 10.5. The Kier molecular flexibility index (Phi) is 6.97. The average Bonchev–Trinajstić information content (AvgIpc) is 3.52. The summed E-state index contributed by atoms with van der Waals surface area (Å²) in [4.78, 5) is 32.5. The highest BCUT2D eigenvalue weighted by atomic mass is 32.1. The van der Waals surface area contributed by atoms with Crippen molar-refractivity contribution in [2.45, 2.75) is 26.5 Å². The molecular weight excluding hydrogens is 492 g/mol. The molecule has 0 saturated heterocycles. The molecule has 0 bridgehead atoms. The Morgan fingerprint density at radius 1 is 1.08 bits per heavy atom. The van der Waals surface area contributed by atoms with Gasteiger partial charge in [0.05, 0.1) is 22.4 Å². The summed E-state index contributed by atoms with van der Waals surface area (Å²) >= 11 is 2.81. The number of allylic oxidation sites excluding steroid dienone is 1. The second-order valence-electron chi connectivity index (χ2n) is 8.16. The van der Waals surface area contributed by atoms with E-state index in [0.717, 1.165) is 21.8 Å². The smallest absolute Gasteiger partial charge is 0.338 e. The van der Waals surface area contributed by atoms with E-state index in [1.807, 2.05) is 78.2 Å². The molecule has 0 N–H and O–H groups in total. The normalized spacial score (nSPS) is 15.4. The Balaban J connectivity index is 1.48. The summed E-state index contributed by atoms with van der Waals surface area (Å²) in [5.41, 5.74) is 2.76. The Morgan fingerprint density at radius 3 is 2.56 bits per heavy atom. The molecule has 0 unspecified atom stereocenters. The van der Waals surface area contributed by atoms with Gasteiger partial charge in [-0.3, -0.25) is 9.36 Å². The van der Waals surface area contributed by atoms with E-state index in [9.17, 15) is 9.59 Å². The second-order valence-corrected chi connectivity index (χ2v) is 10.1. The van der Waals surface area contributed by atoms with Crippen molar-refractivity contribution in [3.05, 3.63) is 119 Å². The maximum atomic E-state index is 13.6. The van der Waals surface area contributed by atoms with Gasteiger partial charge >= 0.3 is 5.97 Å². The van der Waals surface area contributed by atoms with Crippen LogP contribution in [0.4, 0.5) is 0 Å². The van der Waals surface area contributed by atoms with E-state index in [2.05, 4.69) is 4.99 Å². The van der Waals surface area contributed by atoms with Crippen molar-refractivity contribution in [2.24, 2.45) is 4.99 Å². The Bertz CT molecular complexity index is 1580. The van der Waals surface area contributed by atoms with E-state index in [-0.39, 0.29) is 12.2 Å². The number of ether oxygens (including phenoxy) is 2. The largest absolute Gasteiger partial charge is 0.489 e. The third-order valence-electron chi connectivity index (χ3n) is 5.76. The van der Waals surface area contributed by atoms with Gasteiger partial charge in [0.15, 0.2) is 4.80 Å². The third-order valence-corrected chi connectivity index (χ3v) is 7.66. The molecule has 1 atom stereocenters. The van der Waals surface area contributed by atoms with Crippen molar-refractivity contribution in [3.63, 3.8) is 0 Å². The van der Waals surface area contributed by atoms with Gasteiger partial charge in [-0.05, 0) is 54.6 Å². The quantitative estimate of drug-likeness (QED) is 0.341. The highest BCUT2D eigenvalue weighted by molar-refractivity contribution is 7.10. The number of nitrogens with zero attached hydrogens (tertiary/aromatic N) is 2. The molecule has 182 valence electrons. The Hall–Kier alpha value is -3.75. The van der Waals surface area contributed by atoms with E-state index >= 15 is 0 Å². The molecule has 0 fully saturated rings. The Morgan fingerprint density at radius 2 is 1.86 bits per heavy atom. The number of thiazole rings is 1. The number of fused-ring (bicyclic) bond motifs is 1. The van der Waals surface area contributed by atoms with Gasteiger partial charge in [0.2, 0.25) is 0 Å². The molecule has 0 spiro atoms. The summed E-state index contributed by atoms with van der Waals surface area (Å²) in [5.74, 6) is 0.308. The van der Waals surface area contributed by atoms with Crippen LogP contribution in [0.3, 0.4) is 0 Å². The lowest BCUT2D eigenvalue weighted by atomic mass is 10.0. The molecule has 1 aliphatic rings. The minimum atomic E-state index is -0.559. The van der Waals surface area contributed by atoms with E-state index < -0.39 is 12.0 Å². The number of aromatic nitrogens is 1. The van der Waals surface area contributed by atoms with Crippen molar-refractivity contribution in [3.8, 4) is 5.75 Å². The fraction of sp³-hybridized carbons (Fsp3) is 0.179. The number of hydrogen-bond donors (Lipinski definition) is 0. The molecule has 2 aromatic heterocycles. The van der Waals surface area contributed by atoms with Crippen LogP contribution < -0.4 is 19.6 Å². The van der Waals surface area contributed by atoms with Crippen LogP contribution in [-0.4, -0.2) is 17.1 Å². The third kappa shape index (κ3) is 4.82. The summed E-state index contributed by atoms with van der Waals surface area (Å²) in [6.45, 7) is 4.30.